The first kappa shape index (κ1) is 13.2. The van der Waals surface area contributed by atoms with Gasteiger partial charge in [0.05, 0.1) is 5.56 Å². The average molecular weight is 286 g/mol. The SMILES string of the molecule is C[C@@H](COC(=O)c1ccc(Br)cc1)N(C)C. The minimum absolute atomic E-state index is 0.222. The lowest BCUT2D eigenvalue weighted by Crippen LogP contribution is -2.30. The summed E-state index contributed by atoms with van der Waals surface area (Å²) in [5, 5.41) is 0. The summed E-state index contributed by atoms with van der Waals surface area (Å²) in [6, 6.07) is 7.36. The van der Waals surface area contributed by atoms with E-state index in [1.54, 1.807) is 12.1 Å². The van der Waals surface area contributed by atoms with Crippen molar-refractivity contribution >= 4 is 21.9 Å². The third kappa shape index (κ3) is 3.94. The van der Waals surface area contributed by atoms with Gasteiger partial charge in [-0.15, -0.1) is 0 Å². The van der Waals surface area contributed by atoms with Crippen molar-refractivity contribution in [3.8, 4) is 0 Å². The van der Waals surface area contributed by atoms with Crippen LogP contribution < -0.4 is 0 Å². The molecule has 0 spiro atoms. The first-order chi connectivity index (χ1) is 7.50. The van der Waals surface area contributed by atoms with E-state index in [0.29, 0.717) is 12.2 Å². The summed E-state index contributed by atoms with van der Waals surface area (Å²) >= 11 is 3.32. The minimum atomic E-state index is -0.277. The molecule has 16 heavy (non-hydrogen) atoms. The number of likely N-dealkylation sites (N-methyl/N-ethyl adjacent to an activating group) is 1. The van der Waals surface area contributed by atoms with E-state index in [1.807, 2.05) is 38.1 Å². The summed E-state index contributed by atoms with van der Waals surface area (Å²) in [6.07, 6.45) is 0. The first-order valence-electron chi connectivity index (χ1n) is 5.10. The highest BCUT2D eigenvalue weighted by molar-refractivity contribution is 9.10. The lowest BCUT2D eigenvalue weighted by Gasteiger charge is -2.19. The van der Waals surface area contributed by atoms with Crippen molar-refractivity contribution in [2.75, 3.05) is 20.7 Å². The zero-order chi connectivity index (χ0) is 12.1. The fraction of sp³-hybridized carbons (Fsp3) is 0.417. The first-order valence-corrected chi connectivity index (χ1v) is 5.89. The van der Waals surface area contributed by atoms with E-state index >= 15 is 0 Å². The highest BCUT2D eigenvalue weighted by Gasteiger charge is 2.10. The fourth-order valence-electron chi connectivity index (χ4n) is 1.01. The summed E-state index contributed by atoms with van der Waals surface area (Å²) in [4.78, 5) is 13.6. The van der Waals surface area contributed by atoms with Crippen LogP contribution in [0, 0.1) is 0 Å². The van der Waals surface area contributed by atoms with E-state index in [2.05, 4.69) is 15.9 Å². The van der Waals surface area contributed by atoms with Gasteiger partial charge >= 0.3 is 5.97 Å². The molecule has 1 aromatic rings. The van der Waals surface area contributed by atoms with Crippen molar-refractivity contribution in [1.29, 1.82) is 0 Å². The van der Waals surface area contributed by atoms with Crippen molar-refractivity contribution in [3.63, 3.8) is 0 Å². The van der Waals surface area contributed by atoms with Crippen LogP contribution in [0.3, 0.4) is 0 Å². The van der Waals surface area contributed by atoms with Gasteiger partial charge in [0.2, 0.25) is 0 Å². The van der Waals surface area contributed by atoms with Crippen LogP contribution in [0.15, 0.2) is 28.7 Å². The molecule has 0 aliphatic heterocycles. The fourth-order valence-corrected chi connectivity index (χ4v) is 1.28. The second-order valence-electron chi connectivity index (χ2n) is 3.92. The van der Waals surface area contributed by atoms with Crippen LogP contribution in [0.2, 0.25) is 0 Å². The number of hydrogen-bond acceptors (Lipinski definition) is 3. The summed E-state index contributed by atoms with van der Waals surface area (Å²) in [5.74, 6) is -0.277. The number of carbonyl (C=O) groups is 1. The van der Waals surface area contributed by atoms with E-state index < -0.39 is 0 Å². The molecule has 0 fully saturated rings. The summed E-state index contributed by atoms with van der Waals surface area (Å²) < 4.78 is 6.14. The van der Waals surface area contributed by atoms with Crippen LogP contribution in [0.4, 0.5) is 0 Å². The van der Waals surface area contributed by atoms with Gasteiger partial charge < -0.3 is 9.64 Å². The van der Waals surface area contributed by atoms with Crippen LogP contribution >= 0.6 is 15.9 Å². The molecule has 0 saturated carbocycles. The molecule has 0 bridgehead atoms. The normalized spacial score (nSPS) is 12.6. The van der Waals surface area contributed by atoms with Gasteiger partial charge in [0.1, 0.15) is 6.61 Å². The van der Waals surface area contributed by atoms with E-state index in [9.17, 15) is 4.79 Å². The van der Waals surface area contributed by atoms with E-state index in [0.717, 1.165) is 4.47 Å². The maximum absolute atomic E-state index is 11.6. The second kappa shape index (κ2) is 6.01. The molecule has 1 atom stereocenters. The van der Waals surface area contributed by atoms with Gasteiger partial charge in [0, 0.05) is 10.5 Å². The molecule has 0 N–H and O–H groups in total. The Morgan fingerprint density at radius 1 is 1.38 bits per heavy atom. The van der Waals surface area contributed by atoms with Gasteiger partial charge in [-0.05, 0) is 45.3 Å². The Balaban J connectivity index is 2.50. The Hall–Kier alpha value is -0.870. The molecule has 0 aromatic heterocycles. The molecule has 0 amide bonds. The van der Waals surface area contributed by atoms with Crippen LogP contribution in [-0.4, -0.2) is 37.6 Å². The lowest BCUT2D eigenvalue weighted by atomic mass is 10.2. The Bertz CT molecular complexity index is 349. The average Bonchev–Trinajstić information content (AvgIpc) is 2.26. The Morgan fingerprint density at radius 3 is 2.44 bits per heavy atom. The third-order valence-electron chi connectivity index (χ3n) is 2.42. The maximum Gasteiger partial charge on any atom is 0.338 e. The summed E-state index contributed by atoms with van der Waals surface area (Å²) in [7, 11) is 3.91. The molecule has 0 saturated heterocycles. The smallest absolute Gasteiger partial charge is 0.338 e. The summed E-state index contributed by atoms with van der Waals surface area (Å²) in [6.45, 7) is 2.41. The molecule has 1 rings (SSSR count). The van der Waals surface area contributed by atoms with Gasteiger partial charge in [-0.25, -0.2) is 4.79 Å². The van der Waals surface area contributed by atoms with Gasteiger partial charge in [-0.1, -0.05) is 15.9 Å². The monoisotopic (exact) mass is 285 g/mol. The molecule has 0 heterocycles. The summed E-state index contributed by atoms with van der Waals surface area (Å²) in [5.41, 5.74) is 0.578. The van der Waals surface area contributed by atoms with E-state index in [-0.39, 0.29) is 12.0 Å². The van der Waals surface area contributed by atoms with Crippen molar-refractivity contribution in [2.45, 2.75) is 13.0 Å². The molecular weight excluding hydrogens is 270 g/mol. The zero-order valence-electron chi connectivity index (χ0n) is 9.74. The number of benzene rings is 1. The van der Waals surface area contributed by atoms with Crippen LogP contribution in [0.5, 0.6) is 0 Å². The highest BCUT2D eigenvalue weighted by Crippen LogP contribution is 2.11. The van der Waals surface area contributed by atoms with Gasteiger partial charge in [-0.2, -0.15) is 0 Å². The number of rotatable bonds is 4. The zero-order valence-corrected chi connectivity index (χ0v) is 11.3. The van der Waals surface area contributed by atoms with E-state index in [1.165, 1.54) is 0 Å². The minimum Gasteiger partial charge on any atom is -0.460 e. The van der Waals surface area contributed by atoms with E-state index in [4.69, 9.17) is 4.74 Å². The number of hydrogen-bond donors (Lipinski definition) is 0. The number of carbonyl (C=O) groups excluding carboxylic acids is 1. The number of nitrogens with zero attached hydrogens (tertiary/aromatic N) is 1. The number of halogens is 1. The molecule has 4 heteroatoms. The quantitative estimate of drug-likeness (QED) is 0.797. The molecule has 3 nitrogen and oxygen atoms in total. The molecule has 0 unspecified atom stereocenters. The highest BCUT2D eigenvalue weighted by atomic mass is 79.9. The number of ether oxygens (including phenoxy) is 1. The Morgan fingerprint density at radius 2 is 1.94 bits per heavy atom. The maximum atomic E-state index is 11.6. The van der Waals surface area contributed by atoms with Crippen molar-refractivity contribution in [1.82, 2.24) is 4.90 Å². The second-order valence-corrected chi connectivity index (χ2v) is 4.83. The number of esters is 1. The molecular formula is C12H16BrNO2. The Labute approximate surface area is 105 Å². The van der Waals surface area contributed by atoms with Crippen molar-refractivity contribution in [3.05, 3.63) is 34.3 Å². The Kier molecular flexibility index (Phi) is 4.96. The molecule has 0 aliphatic rings. The van der Waals surface area contributed by atoms with Crippen LogP contribution in [0.25, 0.3) is 0 Å². The third-order valence-corrected chi connectivity index (χ3v) is 2.95. The van der Waals surface area contributed by atoms with Crippen molar-refractivity contribution < 1.29 is 9.53 Å². The largest absolute Gasteiger partial charge is 0.460 e. The van der Waals surface area contributed by atoms with Gasteiger partial charge in [0.15, 0.2) is 0 Å². The van der Waals surface area contributed by atoms with Crippen LogP contribution in [0.1, 0.15) is 17.3 Å². The topological polar surface area (TPSA) is 29.5 Å². The van der Waals surface area contributed by atoms with Gasteiger partial charge in [-0.3, -0.25) is 0 Å². The molecule has 88 valence electrons. The molecule has 1 aromatic carbocycles. The molecule has 0 aliphatic carbocycles. The van der Waals surface area contributed by atoms with Gasteiger partial charge in [0.25, 0.3) is 0 Å². The molecule has 0 radical (unpaired) electrons. The standard InChI is InChI=1S/C12H16BrNO2/c1-9(14(2)3)8-16-12(15)10-4-6-11(13)7-5-10/h4-7,9H,8H2,1-3H3/t9-/m0/s1. The lowest BCUT2D eigenvalue weighted by molar-refractivity contribution is 0.0416. The van der Waals surface area contributed by atoms with Crippen LogP contribution in [-0.2, 0) is 4.74 Å². The predicted octanol–water partition coefficient (Wildman–Crippen LogP) is 2.56. The predicted molar refractivity (Wildman–Crippen MR) is 67.6 cm³/mol. The van der Waals surface area contributed by atoms with Crippen molar-refractivity contribution in [2.24, 2.45) is 0 Å².